The SMILES string of the molecule is CC(C)c1nc(CN2C(=O)C(=O)N([C@@H](C)c3ccccc3)C2=O)no1. The third-order valence-corrected chi connectivity index (χ3v) is 4.03. The van der Waals surface area contributed by atoms with Gasteiger partial charge in [0.15, 0.2) is 5.82 Å². The van der Waals surface area contributed by atoms with Gasteiger partial charge in [-0.25, -0.2) is 14.6 Å². The lowest BCUT2D eigenvalue weighted by Gasteiger charge is -2.22. The quantitative estimate of drug-likeness (QED) is 0.611. The zero-order valence-electron chi connectivity index (χ0n) is 14.2. The number of hydrogen-bond acceptors (Lipinski definition) is 6. The maximum absolute atomic E-state index is 12.6. The molecule has 1 saturated heterocycles. The van der Waals surface area contributed by atoms with Crippen molar-refractivity contribution in [2.24, 2.45) is 0 Å². The third-order valence-electron chi connectivity index (χ3n) is 4.03. The van der Waals surface area contributed by atoms with E-state index < -0.39 is 23.9 Å². The van der Waals surface area contributed by atoms with Crippen LogP contribution >= 0.6 is 0 Å². The van der Waals surface area contributed by atoms with Gasteiger partial charge in [0, 0.05) is 5.92 Å². The first kappa shape index (κ1) is 16.8. The van der Waals surface area contributed by atoms with Gasteiger partial charge >= 0.3 is 17.8 Å². The number of imide groups is 2. The molecule has 8 heteroatoms. The Balaban J connectivity index is 1.81. The van der Waals surface area contributed by atoms with Crippen LogP contribution in [0.5, 0.6) is 0 Å². The Morgan fingerprint density at radius 1 is 1.04 bits per heavy atom. The van der Waals surface area contributed by atoms with Crippen LogP contribution in [-0.4, -0.2) is 37.8 Å². The second-order valence-corrected chi connectivity index (χ2v) is 6.14. The second kappa shape index (κ2) is 6.46. The Labute approximate surface area is 144 Å². The molecule has 130 valence electrons. The van der Waals surface area contributed by atoms with Crippen LogP contribution in [0.2, 0.25) is 0 Å². The molecule has 0 spiro atoms. The lowest BCUT2D eigenvalue weighted by Crippen LogP contribution is -2.35. The van der Waals surface area contributed by atoms with E-state index in [1.807, 2.05) is 32.0 Å². The number of carbonyl (C=O) groups excluding carboxylic acids is 3. The number of carbonyl (C=O) groups is 3. The lowest BCUT2D eigenvalue weighted by atomic mass is 10.1. The van der Waals surface area contributed by atoms with Crippen LogP contribution in [0.15, 0.2) is 34.9 Å². The van der Waals surface area contributed by atoms with E-state index >= 15 is 0 Å². The Hall–Kier alpha value is -3.03. The molecule has 1 fully saturated rings. The summed E-state index contributed by atoms with van der Waals surface area (Å²) < 4.78 is 5.07. The highest BCUT2D eigenvalue weighted by Crippen LogP contribution is 2.27. The van der Waals surface area contributed by atoms with E-state index in [9.17, 15) is 14.4 Å². The number of rotatable bonds is 5. The number of hydrogen-bond donors (Lipinski definition) is 0. The van der Waals surface area contributed by atoms with Crippen molar-refractivity contribution in [3.63, 3.8) is 0 Å². The van der Waals surface area contributed by atoms with Crippen LogP contribution in [0.1, 0.15) is 50.0 Å². The minimum absolute atomic E-state index is 0.0301. The van der Waals surface area contributed by atoms with Gasteiger partial charge in [0.1, 0.15) is 0 Å². The first-order valence-corrected chi connectivity index (χ1v) is 7.96. The number of benzene rings is 1. The first-order valence-electron chi connectivity index (χ1n) is 7.96. The van der Waals surface area contributed by atoms with Crippen LogP contribution in [0.25, 0.3) is 0 Å². The van der Waals surface area contributed by atoms with Crippen LogP contribution in [-0.2, 0) is 16.1 Å². The van der Waals surface area contributed by atoms with Gasteiger partial charge in [-0.2, -0.15) is 4.98 Å². The third kappa shape index (κ3) is 3.02. The largest absolute Gasteiger partial charge is 0.339 e. The lowest BCUT2D eigenvalue weighted by molar-refractivity contribution is -0.144. The van der Waals surface area contributed by atoms with Gasteiger partial charge in [0.25, 0.3) is 0 Å². The second-order valence-electron chi connectivity index (χ2n) is 6.14. The van der Waals surface area contributed by atoms with Crippen molar-refractivity contribution in [3.05, 3.63) is 47.6 Å². The van der Waals surface area contributed by atoms with Crippen LogP contribution < -0.4 is 0 Å². The van der Waals surface area contributed by atoms with E-state index in [1.54, 1.807) is 19.1 Å². The molecule has 1 aliphatic heterocycles. The van der Waals surface area contributed by atoms with E-state index in [0.717, 1.165) is 15.4 Å². The van der Waals surface area contributed by atoms with Gasteiger partial charge < -0.3 is 4.52 Å². The highest BCUT2D eigenvalue weighted by Gasteiger charge is 2.47. The molecule has 3 rings (SSSR count). The van der Waals surface area contributed by atoms with Gasteiger partial charge in [-0.3, -0.25) is 9.59 Å². The van der Waals surface area contributed by atoms with Crippen molar-refractivity contribution in [1.29, 1.82) is 0 Å². The normalized spacial score (nSPS) is 16.2. The molecule has 0 saturated carbocycles. The van der Waals surface area contributed by atoms with Crippen molar-refractivity contribution in [2.75, 3.05) is 0 Å². The topological polar surface area (TPSA) is 96.6 Å². The van der Waals surface area contributed by atoms with E-state index in [2.05, 4.69) is 10.1 Å². The average molecular weight is 342 g/mol. The average Bonchev–Trinajstić information content (AvgIpc) is 3.15. The first-order chi connectivity index (χ1) is 11.9. The summed E-state index contributed by atoms with van der Waals surface area (Å²) in [4.78, 5) is 43.1. The smallest absolute Gasteiger partial charge is 0.335 e. The van der Waals surface area contributed by atoms with Crippen molar-refractivity contribution in [1.82, 2.24) is 19.9 Å². The molecule has 4 amide bonds. The Kier molecular flexibility index (Phi) is 4.35. The molecule has 2 heterocycles. The molecule has 25 heavy (non-hydrogen) atoms. The number of amides is 4. The Bertz CT molecular complexity index is 815. The molecular formula is C17H18N4O4. The summed E-state index contributed by atoms with van der Waals surface area (Å²) in [6.45, 7) is 5.28. The maximum atomic E-state index is 12.6. The van der Waals surface area contributed by atoms with E-state index in [0.29, 0.717) is 5.89 Å². The molecular weight excluding hydrogens is 324 g/mol. The van der Waals surface area contributed by atoms with Crippen LogP contribution in [0, 0.1) is 0 Å². The highest BCUT2D eigenvalue weighted by molar-refractivity contribution is 6.44. The van der Waals surface area contributed by atoms with E-state index in [4.69, 9.17) is 4.52 Å². The molecule has 0 radical (unpaired) electrons. The van der Waals surface area contributed by atoms with E-state index in [-0.39, 0.29) is 18.3 Å². The fraction of sp³-hybridized carbons (Fsp3) is 0.353. The monoisotopic (exact) mass is 342 g/mol. The van der Waals surface area contributed by atoms with Crippen molar-refractivity contribution in [3.8, 4) is 0 Å². The molecule has 1 aliphatic rings. The molecule has 0 unspecified atom stereocenters. The molecule has 0 N–H and O–H groups in total. The van der Waals surface area contributed by atoms with Crippen molar-refractivity contribution < 1.29 is 18.9 Å². The summed E-state index contributed by atoms with van der Waals surface area (Å²) in [6.07, 6.45) is 0. The van der Waals surface area contributed by atoms with Crippen molar-refractivity contribution in [2.45, 2.75) is 39.3 Å². The van der Waals surface area contributed by atoms with Crippen LogP contribution in [0.3, 0.4) is 0 Å². The Morgan fingerprint density at radius 3 is 2.32 bits per heavy atom. The zero-order chi connectivity index (χ0) is 18.1. The summed E-state index contributed by atoms with van der Waals surface area (Å²) in [7, 11) is 0. The van der Waals surface area contributed by atoms with Crippen LogP contribution in [0.4, 0.5) is 4.79 Å². The Morgan fingerprint density at radius 2 is 1.72 bits per heavy atom. The standard InChI is InChI=1S/C17H18N4O4/c1-10(2)14-18-13(19-25-14)9-20-15(22)16(23)21(17(20)24)11(3)12-7-5-4-6-8-12/h4-8,10-11H,9H2,1-3H3/t11-/m0/s1. The minimum Gasteiger partial charge on any atom is -0.339 e. The molecule has 8 nitrogen and oxygen atoms in total. The predicted molar refractivity (Wildman–Crippen MR) is 86.0 cm³/mol. The van der Waals surface area contributed by atoms with Gasteiger partial charge in [0.2, 0.25) is 5.89 Å². The highest BCUT2D eigenvalue weighted by atomic mass is 16.5. The molecule has 1 atom stereocenters. The molecule has 1 aromatic carbocycles. The predicted octanol–water partition coefficient (Wildman–Crippen LogP) is 2.25. The molecule has 1 aromatic heterocycles. The molecule has 0 aliphatic carbocycles. The summed E-state index contributed by atoms with van der Waals surface area (Å²) in [5.41, 5.74) is 0.764. The number of aromatic nitrogens is 2. The van der Waals surface area contributed by atoms with Crippen molar-refractivity contribution >= 4 is 17.8 Å². The number of nitrogens with zero attached hydrogens (tertiary/aromatic N) is 4. The molecule has 0 bridgehead atoms. The fourth-order valence-corrected chi connectivity index (χ4v) is 2.59. The fourth-order valence-electron chi connectivity index (χ4n) is 2.59. The summed E-state index contributed by atoms with van der Waals surface area (Å²) in [5.74, 6) is -1.11. The van der Waals surface area contributed by atoms with Gasteiger partial charge in [-0.05, 0) is 12.5 Å². The van der Waals surface area contributed by atoms with Gasteiger partial charge in [0.05, 0.1) is 12.6 Å². The zero-order valence-corrected chi connectivity index (χ0v) is 14.2. The minimum atomic E-state index is -0.885. The summed E-state index contributed by atoms with van der Waals surface area (Å²) in [5, 5.41) is 3.76. The number of urea groups is 1. The molecule has 2 aromatic rings. The van der Waals surface area contributed by atoms with Gasteiger partial charge in [-0.1, -0.05) is 49.3 Å². The summed E-state index contributed by atoms with van der Waals surface area (Å²) in [6, 6.07) is 7.82. The summed E-state index contributed by atoms with van der Waals surface area (Å²) >= 11 is 0. The van der Waals surface area contributed by atoms with E-state index in [1.165, 1.54) is 0 Å². The maximum Gasteiger partial charge on any atom is 0.335 e. The van der Waals surface area contributed by atoms with Gasteiger partial charge in [-0.15, -0.1) is 0 Å².